The van der Waals surface area contributed by atoms with Crippen LogP contribution in [0.25, 0.3) is 0 Å². The van der Waals surface area contributed by atoms with E-state index in [0.29, 0.717) is 24.3 Å². The molecule has 1 saturated carbocycles. The molecule has 5 heteroatoms. The number of hydrogen-bond donors (Lipinski definition) is 1. The van der Waals surface area contributed by atoms with Crippen molar-refractivity contribution in [2.45, 2.75) is 90.4 Å². The first-order chi connectivity index (χ1) is 22.3. The van der Waals surface area contributed by atoms with Gasteiger partial charge in [0.1, 0.15) is 11.6 Å². The highest BCUT2D eigenvalue weighted by atomic mass is 19.1. The molecule has 0 bridgehead atoms. The summed E-state index contributed by atoms with van der Waals surface area (Å²) in [5, 5.41) is 4.15. The van der Waals surface area contributed by atoms with Gasteiger partial charge in [0.15, 0.2) is 0 Å². The summed E-state index contributed by atoms with van der Waals surface area (Å²) in [4.78, 5) is 0. The van der Waals surface area contributed by atoms with Crippen LogP contribution >= 0.6 is 0 Å². The third-order valence-corrected chi connectivity index (χ3v) is 9.99. The van der Waals surface area contributed by atoms with Gasteiger partial charge in [0, 0.05) is 35.0 Å². The largest absolute Gasteiger partial charge is 0.376 e. The van der Waals surface area contributed by atoms with E-state index in [9.17, 15) is 8.78 Å². The van der Waals surface area contributed by atoms with E-state index >= 15 is 0 Å². The maximum absolute atomic E-state index is 14.5. The summed E-state index contributed by atoms with van der Waals surface area (Å²) < 4.78 is 41.7. The molecule has 1 aliphatic rings. The second-order valence-corrected chi connectivity index (χ2v) is 13.2. The fourth-order valence-corrected chi connectivity index (χ4v) is 7.60. The molecule has 0 heterocycles. The third kappa shape index (κ3) is 8.12. The topological polar surface area (TPSA) is 30.5 Å². The van der Waals surface area contributed by atoms with Gasteiger partial charge in [0.05, 0.1) is 26.4 Å². The Hall–Kier alpha value is -3.38. The van der Waals surface area contributed by atoms with E-state index < -0.39 is 0 Å². The number of rotatable bonds is 14. The van der Waals surface area contributed by atoms with Crippen molar-refractivity contribution in [3.63, 3.8) is 0 Å². The van der Waals surface area contributed by atoms with E-state index in [1.165, 1.54) is 51.9 Å². The summed E-state index contributed by atoms with van der Waals surface area (Å²) in [6.45, 7) is 10.9. The summed E-state index contributed by atoms with van der Waals surface area (Å²) >= 11 is 0. The minimum absolute atomic E-state index is 0.0738. The monoisotopic (exact) mass is 625 g/mol. The zero-order valence-electron chi connectivity index (χ0n) is 27.9. The van der Waals surface area contributed by atoms with E-state index in [4.69, 9.17) is 9.47 Å². The van der Waals surface area contributed by atoms with Crippen LogP contribution < -0.4 is 5.32 Å². The first-order valence-electron chi connectivity index (χ1n) is 16.8. The van der Waals surface area contributed by atoms with Crippen molar-refractivity contribution in [3.05, 3.63) is 141 Å². The number of halogens is 2. The van der Waals surface area contributed by atoms with Crippen LogP contribution in [0, 0.1) is 39.3 Å². The fourth-order valence-electron chi connectivity index (χ4n) is 7.60. The molecule has 3 nitrogen and oxygen atoms in total. The molecule has 0 aliphatic heterocycles. The molecule has 0 amide bonds. The molecule has 2 unspecified atom stereocenters. The van der Waals surface area contributed by atoms with Crippen LogP contribution in [0.4, 0.5) is 8.78 Å². The molecule has 0 spiro atoms. The van der Waals surface area contributed by atoms with Crippen molar-refractivity contribution in [1.82, 2.24) is 5.32 Å². The van der Waals surface area contributed by atoms with E-state index in [1.807, 2.05) is 12.1 Å². The van der Waals surface area contributed by atoms with Crippen molar-refractivity contribution < 1.29 is 18.3 Å². The highest BCUT2D eigenvalue weighted by Gasteiger charge is 2.42. The summed E-state index contributed by atoms with van der Waals surface area (Å²) in [5.74, 6) is -0.316. The van der Waals surface area contributed by atoms with Gasteiger partial charge in [0.2, 0.25) is 0 Å². The van der Waals surface area contributed by atoms with Crippen LogP contribution in [0.2, 0.25) is 0 Å². The molecule has 244 valence electrons. The quantitative estimate of drug-likeness (QED) is 0.151. The van der Waals surface area contributed by atoms with Crippen molar-refractivity contribution in [2.24, 2.45) is 0 Å². The Morgan fingerprint density at radius 3 is 1.61 bits per heavy atom. The molecule has 0 saturated heterocycles. The Kier molecular flexibility index (Phi) is 11.8. The summed E-state index contributed by atoms with van der Waals surface area (Å²) in [5.41, 5.74) is 8.54. The Morgan fingerprint density at radius 1 is 0.609 bits per heavy atom. The lowest BCUT2D eigenvalue weighted by atomic mass is 9.68. The van der Waals surface area contributed by atoms with Crippen LogP contribution in [0.3, 0.4) is 0 Å². The van der Waals surface area contributed by atoms with Crippen LogP contribution in [-0.2, 0) is 22.7 Å². The van der Waals surface area contributed by atoms with Crippen LogP contribution in [0.5, 0.6) is 0 Å². The smallest absolute Gasteiger partial charge is 0.128 e. The van der Waals surface area contributed by atoms with Gasteiger partial charge < -0.3 is 14.8 Å². The first-order valence-corrected chi connectivity index (χ1v) is 16.8. The Balaban J connectivity index is 1.44. The van der Waals surface area contributed by atoms with Gasteiger partial charge in [-0.3, -0.25) is 0 Å². The van der Waals surface area contributed by atoms with E-state index in [1.54, 1.807) is 24.3 Å². The van der Waals surface area contributed by atoms with Crippen LogP contribution in [-0.4, -0.2) is 25.3 Å². The molecule has 1 N–H and O–H groups in total. The van der Waals surface area contributed by atoms with Crippen molar-refractivity contribution >= 4 is 0 Å². The number of nitrogens with one attached hydrogen (secondary N) is 1. The number of benzene rings is 4. The second kappa shape index (κ2) is 15.9. The Morgan fingerprint density at radius 2 is 1.09 bits per heavy atom. The minimum Gasteiger partial charge on any atom is -0.376 e. The lowest BCUT2D eigenvalue weighted by Crippen LogP contribution is -2.54. The normalized spacial score (nSPS) is 15.9. The zero-order valence-corrected chi connectivity index (χ0v) is 27.9. The van der Waals surface area contributed by atoms with Crippen molar-refractivity contribution in [3.8, 4) is 0 Å². The highest BCUT2D eigenvalue weighted by molar-refractivity contribution is 5.40. The SMILES string of the molecule is Cc1cccc(C)c1C(CNC1(C(COCc2ccccc2F)c2c(C)cccc2C)CCCCC1)COCc1ccccc1F. The van der Waals surface area contributed by atoms with Gasteiger partial charge in [-0.05, 0) is 86.1 Å². The molecule has 4 aromatic carbocycles. The highest BCUT2D eigenvalue weighted by Crippen LogP contribution is 2.43. The number of ether oxygens (including phenoxy) is 2. The number of aryl methyl sites for hydroxylation is 4. The maximum Gasteiger partial charge on any atom is 0.128 e. The zero-order chi connectivity index (χ0) is 32.5. The maximum atomic E-state index is 14.5. The molecule has 46 heavy (non-hydrogen) atoms. The molecule has 2 atom stereocenters. The van der Waals surface area contributed by atoms with Crippen molar-refractivity contribution in [1.29, 1.82) is 0 Å². The van der Waals surface area contributed by atoms with Gasteiger partial charge in [-0.25, -0.2) is 8.78 Å². The predicted octanol–water partition coefficient (Wildman–Crippen LogP) is 9.79. The Bertz CT molecular complexity index is 1540. The van der Waals surface area contributed by atoms with E-state index in [2.05, 4.69) is 69.4 Å². The molecule has 1 fully saturated rings. The minimum atomic E-state index is -0.239. The summed E-state index contributed by atoms with van der Waals surface area (Å²) in [6.07, 6.45) is 5.55. The standard InChI is InChI=1S/C41H49F2NO2/c1-29-14-12-15-30(2)39(29)35(27-45-25-33-18-6-8-20-37(33)42)24-44-41(22-10-5-11-23-41)36(40-31(3)16-13-17-32(40)4)28-46-26-34-19-7-9-21-38(34)43/h6-9,12-21,35-36,44H,5,10-11,22-28H2,1-4H3. The second-order valence-electron chi connectivity index (χ2n) is 13.2. The molecule has 1 aliphatic carbocycles. The molecule has 0 radical (unpaired) electrons. The Labute approximate surface area is 274 Å². The average Bonchev–Trinajstić information content (AvgIpc) is 3.04. The van der Waals surface area contributed by atoms with E-state index in [-0.39, 0.29) is 42.2 Å². The van der Waals surface area contributed by atoms with Gasteiger partial charge in [-0.2, -0.15) is 0 Å². The molecular formula is C41H49F2NO2. The third-order valence-electron chi connectivity index (χ3n) is 9.99. The van der Waals surface area contributed by atoms with Crippen LogP contribution in [0.15, 0.2) is 84.9 Å². The van der Waals surface area contributed by atoms with Crippen LogP contribution in [0.1, 0.15) is 88.4 Å². The van der Waals surface area contributed by atoms with Gasteiger partial charge in [-0.1, -0.05) is 92.1 Å². The molecule has 0 aromatic heterocycles. The fraction of sp³-hybridized carbons (Fsp3) is 0.415. The summed E-state index contributed by atoms with van der Waals surface area (Å²) in [6, 6.07) is 26.6. The lowest BCUT2D eigenvalue weighted by molar-refractivity contribution is 0.0558. The molecular weight excluding hydrogens is 576 g/mol. The number of hydrogen-bond acceptors (Lipinski definition) is 3. The summed E-state index contributed by atoms with van der Waals surface area (Å²) in [7, 11) is 0. The van der Waals surface area contributed by atoms with E-state index in [0.717, 1.165) is 32.2 Å². The lowest BCUT2D eigenvalue weighted by Gasteiger charge is -2.46. The van der Waals surface area contributed by atoms with Crippen molar-refractivity contribution in [2.75, 3.05) is 19.8 Å². The average molecular weight is 626 g/mol. The van der Waals surface area contributed by atoms with Gasteiger partial charge >= 0.3 is 0 Å². The predicted molar refractivity (Wildman–Crippen MR) is 183 cm³/mol. The molecule has 4 aromatic rings. The molecule has 5 rings (SSSR count). The first kappa shape index (κ1) is 34.0. The van der Waals surface area contributed by atoms with Gasteiger partial charge in [0.25, 0.3) is 0 Å². The van der Waals surface area contributed by atoms with Gasteiger partial charge in [-0.15, -0.1) is 0 Å².